The molecule has 0 saturated carbocycles. The lowest BCUT2D eigenvalue weighted by molar-refractivity contribution is -0.0326. The third kappa shape index (κ3) is 2.99. The third-order valence-corrected chi connectivity index (χ3v) is 4.39. The molecule has 2 unspecified atom stereocenters. The Morgan fingerprint density at radius 1 is 1.35 bits per heavy atom. The molecule has 2 atom stereocenters. The first-order chi connectivity index (χ1) is 9.53. The average molecular weight is 276 g/mol. The maximum Gasteiger partial charge on any atom is 0.119 e. The molecule has 3 heteroatoms. The molecule has 1 aromatic carbocycles. The molecule has 1 aliphatic heterocycles. The van der Waals surface area contributed by atoms with E-state index in [1.54, 1.807) is 0 Å². The van der Waals surface area contributed by atoms with Crippen LogP contribution in [-0.4, -0.2) is 23.4 Å². The number of benzene rings is 1. The monoisotopic (exact) mass is 276 g/mol. The zero-order valence-corrected chi connectivity index (χ0v) is 12.4. The minimum atomic E-state index is -0.299. The van der Waals surface area contributed by atoms with Crippen LogP contribution in [0, 0.1) is 0 Å². The van der Waals surface area contributed by atoms with Gasteiger partial charge in [0.25, 0.3) is 0 Å². The molecule has 1 fully saturated rings. The highest BCUT2D eigenvalue weighted by Crippen LogP contribution is 2.33. The molecule has 3 nitrogen and oxygen atoms in total. The zero-order chi connectivity index (χ0) is 14.2. The van der Waals surface area contributed by atoms with Crippen molar-refractivity contribution < 1.29 is 14.6 Å². The molecule has 0 aromatic heterocycles. The van der Waals surface area contributed by atoms with E-state index >= 15 is 0 Å². The molecule has 0 spiro atoms. The van der Waals surface area contributed by atoms with Gasteiger partial charge in [0.05, 0.1) is 17.8 Å². The van der Waals surface area contributed by atoms with Crippen LogP contribution in [0.5, 0.6) is 5.75 Å². The molecule has 110 valence electrons. The van der Waals surface area contributed by atoms with Crippen LogP contribution in [-0.2, 0) is 11.2 Å². The summed E-state index contributed by atoms with van der Waals surface area (Å²) in [6.07, 6.45) is 5.03. The van der Waals surface area contributed by atoms with Crippen LogP contribution in [0.4, 0.5) is 0 Å². The second-order valence-electron chi connectivity index (χ2n) is 6.62. The fourth-order valence-corrected chi connectivity index (χ4v) is 3.24. The lowest BCUT2D eigenvalue weighted by Crippen LogP contribution is -2.24. The lowest BCUT2D eigenvalue weighted by Gasteiger charge is -2.22. The maximum atomic E-state index is 9.95. The van der Waals surface area contributed by atoms with Crippen LogP contribution in [0.2, 0.25) is 0 Å². The van der Waals surface area contributed by atoms with Gasteiger partial charge in [-0.2, -0.15) is 0 Å². The SMILES string of the molecule is CC1(C)CCC(COc2ccc3c(c2)CCCC3O)O1. The number of aliphatic hydroxyl groups is 1. The Kier molecular flexibility index (Phi) is 3.74. The largest absolute Gasteiger partial charge is 0.491 e. The van der Waals surface area contributed by atoms with Crippen molar-refractivity contribution in [2.45, 2.75) is 63.8 Å². The lowest BCUT2D eigenvalue weighted by atomic mass is 9.89. The fraction of sp³-hybridized carbons (Fsp3) is 0.647. The topological polar surface area (TPSA) is 38.7 Å². The number of aliphatic hydroxyl groups excluding tert-OH is 1. The predicted molar refractivity (Wildman–Crippen MR) is 78.0 cm³/mol. The minimum absolute atomic E-state index is 0.00596. The van der Waals surface area contributed by atoms with E-state index in [4.69, 9.17) is 9.47 Å². The fourth-order valence-electron chi connectivity index (χ4n) is 3.24. The molecule has 0 amide bonds. The Morgan fingerprint density at radius 3 is 2.95 bits per heavy atom. The summed E-state index contributed by atoms with van der Waals surface area (Å²) in [5.41, 5.74) is 2.30. The number of fused-ring (bicyclic) bond motifs is 1. The Hall–Kier alpha value is -1.06. The first-order valence-electron chi connectivity index (χ1n) is 7.65. The second kappa shape index (κ2) is 5.38. The summed E-state index contributed by atoms with van der Waals surface area (Å²) in [7, 11) is 0. The van der Waals surface area contributed by atoms with E-state index < -0.39 is 0 Å². The molecule has 1 N–H and O–H groups in total. The summed E-state index contributed by atoms with van der Waals surface area (Å²) >= 11 is 0. The van der Waals surface area contributed by atoms with Crippen molar-refractivity contribution in [3.8, 4) is 5.75 Å². The number of aryl methyl sites for hydroxylation is 1. The Labute approximate surface area is 120 Å². The first-order valence-corrected chi connectivity index (χ1v) is 7.65. The van der Waals surface area contributed by atoms with Crippen molar-refractivity contribution in [3.05, 3.63) is 29.3 Å². The molecule has 0 bridgehead atoms. The standard InChI is InChI=1S/C17H24O3/c1-17(2)9-8-14(20-17)11-19-13-6-7-15-12(10-13)4-3-5-16(15)18/h6-7,10,14,16,18H,3-5,8-9,11H2,1-2H3. The Morgan fingerprint density at radius 2 is 2.20 bits per heavy atom. The van der Waals surface area contributed by atoms with E-state index in [9.17, 15) is 5.11 Å². The van der Waals surface area contributed by atoms with Gasteiger partial charge >= 0.3 is 0 Å². The molecule has 20 heavy (non-hydrogen) atoms. The normalized spacial score (nSPS) is 28.1. The highest BCUT2D eigenvalue weighted by atomic mass is 16.6. The van der Waals surface area contributed by atoms with Gasteiger partial charge in [0.15, 0.2) is 0 Å². The summed E-state index contributed by atoms with van der Waals surface area (Å²) < 4.78 is 11.8. The van der Waals surface area contributed by atoms with Gasteiger partial charge in [-0.1, -0.05) is 6.07 Å². The van der Waals surface area contributed by atoms with Crippen molar-refractivity contribution in [1.82, 2.24) is 0 Å². The molecule has 1 saturated heterocycles. The van der Waals surface area contributed by atoms with E-state index in [2.05, 4.69) is 19.9 Å². The van der Waals surface area contributed by atoms with Gasteiger partial charge in [-0.3, -0.25) is 0 Å². The predicted octanol–water partition coefficient (Wildman–Crippen LogP) is 3.39. The molecule has 1 aromatic rings. The van der Waals surface area contributed by atoms with E-state index in [0.29, 0.717) is 6.61 Å². The van der Waals surface area contributed by atoms with Gasteiger partial charge < -0.3 is 14.6 Å². The Bertz CT molecular complexity index is 481. The van der Waals surface area contributed by atoms with E-state index in [0.717, 1.165) is 43.4 Å². The van der Waals surface area contributed by atoms with Crippen molar-refractivity contribution in [2.24, 2.45) is 0 Å². The molecule has 1 aliphatic carbocycles. The molecular weight excluding hydrogens is 252 g/mol. The summed E-state index contributed by atoms with van der Waals surface area (Å²) in [4.78, 5) is 0. The quantitative estimate of drug-likeness (QED) is 0.919. The number of hydrogen-bond acceptors (Lipinski definition) is 3. The van der Waals surface area contributed by atoms with Crippen LogP contribution in [0.25, 0.3) is 0 Å². The second-order valence-corrected chi connectivity index (χ2v) is 6.62. The summed E-state index contributed by atoms with van der Waals surface area (Å²) in [6, 6.07) is 6.05. The smallest absolute Gasteiger partial charge is 0.119 e. The van der Waals surface area contributed by atoms with E-state index in [-0.39, 0.29) is 17.8 Å². The average Bonchev–Trinajstić information content (AvgIpc) is 2.76. The Balaban J connectivity index is 1.61. The summed E-state index contributed by atoms with van der Waals surface area (Å²) in [5.74, 6) is 0.895. The number of rotatable bonds is 3. The van der Waals surface area contributed by atoms with Crippen molar-refractivity contribution in [3.63, 3.8) is 0 Å². The number of ether oxygens (including phenoxy) is 2. The van der Waals surface area contributed by atoms with Gasteiger partial charge in [0.2, 0.25) is 0 Å². The third-order valence-electron chi connectivity index (χ3n) is 4.39. The van der Waals surface area contributed by atoms with E-state index in [1.165, 1.54) is 5.56 Å². The van der Waals surface area contributed by atoms with Crippen LogP contribution in [0.1, 0.15) is 56.8 Å². The van der Waals surface area contributed by atoms with Crippen LogP contribution < -0.4 is 4.74 Å². The summed E-state index contributed by atoms with van der Waals surface area (Å²) in [6.45, 7) is 4.88. The number of hydrogen-bond donors (Lipinski definition) is 1. The maximum absolute atomic E-state index is 9.95. The van der Waals surface area contributed by atoms with Crippen molar-refractivity contribution >= 4 is 0 Å². The van der Waals surface area contributed by atoms with Gasteiger partial charge in [0.1, 0.15) is 12.4 Å². The van der Waals surface area contributed by atoms with Crippen molar-refractivity contribution in [1.29, 1.82) is 0 Å². The van der Waals surface area contributed by atoms with Crippen LogP contribution in [0.3, 0.4) is 0 Å². The first kappa shape index (κ1) is 13.9. The minimum Gasteiger partial charge on any atom is -0.491 e. The van der Waals surface area contributed by atoms with Crippen LogP contribution >= 0.6 is 0 Å². The zero-order valence-electron chi connectivity index (χ0n) is 12.4. The molecule has 2 aliphatic rings. The highest BCUT2D eigenvalue weighted by Gasteiger charge is 2.32. The van der Waals surface area contributed by atoms with Gasteiger partial charge in [-0.25, -0.2) is 0 Å². The van der Waals surface area contributed by atoms with E-state index in [1.807, 2.05) is 12.1 Å². The van der Waals surface area contributed by atoms with Crippen molar-refractivity contribution in [2.75, 3.05) is 6.61 Å². The summed E-state index contributed by atoms with van der Waals surface area (Å²) in [5, 5.41) is 9.95. The van der Waals surface area contributed by atoms with Crippen LogP contribution in [0.15, 0.2) is 18.2 Å². The highest BCUT2D eigenvalue weighted by molar-refractivity contribution is 5.38. The van der Waals surface area contributed by atoms with Gasteiger partial charge in [-0.05, 0) is 69.2 Å². The molecular formula is C17H24O3. The van der Waals surface area contributed by atoms with Gasteiger partial charge in [0, 0.05) is 0 Å². The molecule has 1 heterocycles. The molecule has 3 rings (SSSR count). The molecule has 0 radical (unpaired) electrons. The van der Waals surface area contributed by atoms with Gasteiger partial charge in [-0.15, -0.1) is 0 Å².